The lowest BCUT2D eigenvalue weighted by Crippen LogP contribution is -2.38. The molecule has 0 atom stereocenters. The van der Waals surface area contributed by atoms with E-state index in [0.717, 1.165) is 18.8 Å². The van der Waals surface area contributed by atoms with Crippen LogP contribution in [0.15, 0.2) is 11.2 Å². The summed E-state index contributed by atoms with van der Waals surface area (Å²) in [4.78, 5) is 6.59. The monoisotopic (exact) mass is 236 g/mol. The van der Waals surface area contributed by atoms with E-state index in [-0.39, 0.29) is 0 Å². The molecule has 0 saturated carbocycles. The number of nitrogens with two attached hydrogens (primary N) is 1. The van der Waals surface area contributed by atoms with Crippen molar-refractivity contribution in [2.75, 3.05) is 13.1 Å². The van der Waals surface area contributed by atoms with Crippen LogP contribution in [0.5, 0.6) is 0 Å². The van der Waals surface area contributed by atoms with E-state index in [0.29, 0.717) is 12.5 Å². The molecule has 1 aromatic heterocycles. The van der Waals surface area contributed by atoms with Gasteiger partial charge in [0.15, 0.2) is 5.96 Å². The number of aryl methyl sites for hydroxylation is 1. The first kappa shape index (κ1) is 11.9. The molecule has 0 amide bonds. The van der Waals surface area contributed by atoms with Crippen molar-refractivity contribution in [2.45, 2.75) is 32.2 Å². The molecular weight excluding hydrogens is 216 g/mol. The minimum absolute atomic E-state index is 0.547. The SMILES string of the molecule is Cn1nncc1CN=C(N)N1CCCCCC1. The topological polar surface area (TPSA) is 72.3 Å². The number of hydrogen-bond acceptors (Lipinski definition) is 3. The zero-order valence-electron chi connectivity index (χ0n) is 10.3. The average molecular weight is 236 g/mol. The van der Waals surface area contributed by atoms with Crippen LogP contribution in [0.4, 0.5) is 0 Å². The van der Waals surface area contributed by atoms with Crippen LogP contribution in [0.1, 0.15) is 31.4 Å². The fourth-order valence-corrected chi connectivity index (χ4v) is 2.02. The minimum Gasteiger partial charge on any atom is -0.370 e. The molecule has 6 nitrogen and oxygen atoms in total. The summed E-state index contributed by atoms with van der Waals surface area (Å²) in [7, 11) is 1.86. The lowest BCUT2D eigenvalue weighted by Gasteiger charge is -2.20. The lowest BCUT2D eigenvalue weighted by atomic mass is 10.2. The second-order valence-corrected chi connectivity index (χ2v) is 4.42. The summed E-state index contributed by atoms with van der Waals surface area (Å²) < 4.78 is 1.72. The van der Waals surface area contributed by atoms with E-state index >= 15 is 0 Å². The summed E-state index contributed by atoms with van der Waals surface area (Å²) in [6.07, 6.45) is 6.75. The van der Waals surface area contributed by atoms with Gasteiger partial charge in [0.1, 0.15) is 0 Å². The number of guanidine groups is 1. The van der Waals surface area contributed by atoms with Gasteiger partial charge in [0.25, 0.3) is 0 Å². The highest BCUT2D eigenvalue weighted by molar-refractivity contribution is 5.78. The summed E-state index contributed by atoms with van der Waals surface area (Å²) in [5.41, 5.74) is 6.99. The second-order valence-electron chi connectivity index (χ2n) is 4.42. The fraction of sp³-hybridized carbons (Fsp3) is 0.727. The molecule has 1 fully saturated rings. The Balaban J connectivity index is 1.94. The van der Waals surface area contributed by atoms with Crippen molar-refractivity contribution in [3.05, 3.63) is 11.9 Å². The van der Waals surface area contributed by atoms with E-state index in [4.69, 9.17) is 5.73 Å². The van der Waals surface area contributed by atoms with E-state index in [1.165, 1.54) is 25.7 Å². The third-order valence-corrected chi connectivity index (χ3v) is 3.14. The van der Waals surface area contributed by atoms with E-state index in [1.807, 2.05) is 7.05 Å². The molecule has 1 aliphatic heterocycles. The second kappa shape index (κ2) is 5.65. The maximum Gasteiger partial charge on any atom is 0.191 e. The van der Waals surface area contributed by atoms with Crippen molar-refractivity contribution in [3.63, 3.8) is 0 Å². The maximum absolute atomic E-state index is 6.01. The number of aromatic nitrogens is 3. The molecule has 0 radical (unpaired) electrons. The highest BCUT2D eigenvalue weighted by Crippen LogP contribution is 2.09. The van der Waals surface area contributed by atoms with Crippen molar-refractivity contribution >= 4 is 5.96 Å². The molecule has 2 rings (SSSR count). The van der Waals surface area contributed by atoms with Gasteiger partial charge in [-0.25, -0.2) is 4.99 Å². The van der Waals surface area contributed by atoms with Gasteiger partial charge >= 0.3 is 0 Å². The zero-order valence-corrected chi connectivity index (χ0v) is 10.3. The Kier molecular flexibility index (Phi) is 3.95. The number of rotatable bonds is 2. The predicted octanol–water partition coefficient (Wildman–Crippen LogP) is 0.506. The Morgan fingerprint density at radius 3 is 2.65 bits per heavy atom. The van der Waals surface area contributed by atoms with Crippen molar-refractivity contribution in [2.24, 2.45) is 17.8 Å². The Morgan fingerprint density at radius 2 is 2.06 bits per heavy atom. The van der Waals surface area contributed by atoms with Crippen LogP contribution in [-0.4, -0.2) is 38.9 Å². The van der Waals surface area contributed by atoms with Gasteiger partial charge in [-0.1, -0.05) is 18.1 Å². The molecule has 2 N–H and O–H groups in total. The summed E-state index contributed by atoms with van der Waals surface area (Å²) in [5, 5.41) is 7.68. The fourth-order valence-electron chi connectivity index (χ4n) is 2.02. The van der Waals surface area contributed by atoms with E-state index in [1.54, 1.807) is 10.9 Å². The Morgan fingerprint density at radius 1 is 1.35 bits per heavy atom. The highest BCUT2D eigenvalue weighted by Gasteiger charge is 2.10. The smallest absolute Gasteiger partial charge is 0.191 e. The average Bonchev–Trinajstić information content (AvgIpc) is 2.58. The number of likely N-dealkylation sites (tertiary alicyclic amines) is 1. The Bertz CT molecular complexity index is 375. The third kappa shape index (κ3) is 3.18. The molecule has 0 aliphatic carbocycles. The summed E-state index contributed by atoms with van der Waals surface area (Å²) in [5.74, 6) is 0.646. The van der Waals surface area contributed by atoms with Crippen molar-refractivity contribution in [1.29, 1.82) is 0 Å². The van der Waals surface area contributed by atoms with Crippen LogP contribution in [0.25, 0.3) is 0 Å². The van der Waals surface area contributed by atoms with E-state index < -0.39 is 0 Å². The minimum atomic E-state index is 0.547. The first-order chi connectivity index (χ1) is 8.27. The molecule has 2 heterocycles. The Hall–Kier alpha value is -1.59. The van der Waals surface area contributed by atoms with Crippen molar-refractivity contribution in [1.82, 2.24) is 19.9 Å². The van der Waals surface area contributed by atoms with Crippen LogP contribution < -0.4 is 5.73 Å². The van der Waals surface area contributed by atoms with Crippen LogP contribution in [0.2, 0.25) is 0 Å². The molecule has 17 heavy (non-hydrogen) atoms. The standard InChI is InChI=1S/C11H20N6/c1-16-10(9-14-15-16)8-13-11(12)17-6-4-2-3-5-7-17/h9H,2-8H2,1H3,(H2,12,13). The van der Waals surface area contributed by atoms with Gasteiger partial charge < -0.3 is 10.6 Å². The lowest BCUT2D eigenvalue weighted by molar-refractivity contribution is 0.428. The van der Waals surface area contributed by atoms with Crippen molar-refractivity contribution < 1.29 is 0 Å². The largest absolute Gasteiger partial charge is 0.370 e. The quantitative estimate of drug-likeness (QED) is 0.599. The molecule has 94 valence electrons. The van der Waals surface area contributed by atoms with Crippen LogP contribution in [-0.2, 0) is 13.6 Å². The number of nitrogens with zero attached hydrogens (tertiary/aromatic N) is 5. The first-order valence-electron chi connectivity index (χ1n) is 6.16. The molecule has 6 heteroatoms. The number of hydrogen-bond donors (Lipinski definition) is 1. The Labute approximate surface area is 102 Å². The molecule has 1 aromatic rings. The summed E-state index contributed by atoms with van der Waals surface area (Å²) >= 11 is 0. The van der Waals surface area contributed by atoms with Gasteiger partial charge in [0, 0.05) is 20.1 Å². The van der Waals surface area contributed by atoms with E-state index in [2.05, 4.69) is 20.2 Å². The molecule has 0 unspecified atom stereocenters. The van der Waals surface area contributed by atoms with Crippen LogP contribution >= 0.6 is 0 Å². The van der Waals surface area contributed by atoms with Gasteiger partial charge in [0.05, 0.1) is 18.4 Å². The molecule has 0 aromatic carbocycles. The van der Waals surface area contributed by atoms with Crippen LogP contribution in [0.3, 0.4) is 0 Å². The highest BCUT2D eigenvalue weighted by atomic mass is 15.4. The molecule has 0 bridgehead atoms. The molecule has 0 spiro atoms. The third-order valence-electron chi connectivity index (χ3n) is 3.14. The molecular formula is C11H20N6. The zero-order chi connectivity index (χ0) is 12.1. The molecule has 1 saturated heterocycles. The summed E-state index contributed by atoms with van der Waals surface area (Å²) in [6, 6.07) is 0. The van der Waals surface area contributed by atoms with Gasteiger partial charge in [-0.3, -0.25) is 4.68 Å². The molecule has 1 aliphatic rings. The maximum atomic E-state index is 6.01. The van der Waals surface area contributed by atoms with Gasteiger partial charge in [-0.2, -0.15) is 0 Å². The van der Waals surface area contributed by atoms with Gasteiger partial charge in [-0.05, 0) is 12.8 Å². The van der Waals surface area contributed by atoms with E-state index in [9.17, 15) is 0 Å². The summed E-state index contributed by atoms with van der Waals surface area (Å²) in [6.45, 7) is 2.60. The first-order valence-corrected chi connectivity index (χ1v) is 6.16. The normalized spacial score (nSPS) is 18.2. The van der Waals surface area contributed by atoms with Gasteiger partial charge in [-0.15, -0.1) is 5.10 Å². The van der Waals surface area contributed by atoms with Gasteiger partial charge in [0.2, 0.25) is 0 Å². The number of aliphatic imine (C=N–C) groups is 1. The van der Waals surface area contributed by atoms with Crippen molar-refractivity contribution in [3.8, 4) is 0 Å². The predicted molar refractivity (Wildman–Crippen MR) is 66.4 cm³/mol. The van der Waals surface area contributed by atoms with Crippen LogP contribution in [0, 0.1) is 0 Å².